The van der Waals surface area contributed by atoms with E-state index in [4.69, 9.17) is 0 Å². The van der Waals surface area contributed by atoms with Gasteiger partial charge in [0.15, 0.2) is 0 Å². The Labute approximate surface area is 89.7 Å². The molecule has 0 spiro atoms. The first kappa shape index (κ1) is 9.77. The van der Waals surface area contributed by atoms with Gasteiger partial charge in [0, 0.05) is 23.3 Å². The van der Waals surface area contributed by atoms with Gasteiger partial charge in [0.1, 0.15) is 0 Å². The van der Waals surface area contributed by atoms with Gasteiger partial charge in [-0.25, -0.2) is 0 Å². The van der Waals surface area contributed by atoms with Gasteiger partial charge in [-0.15, -0.1) is 0 Å². The van der Waals surface area contributed by atoms with E-state index in [1.807, 2.05) is 25.3 Å². The highest BCUT2D eigenvalue weighted by molar-refractivity contribution is 5.43. The number of nitrogens with one attached hydrogen (secondary N) is 1. The molecule has 0 radical (unpaired) electrons. The number of rotatable bonds is 2. The first-order valence-electron chi connectivity index (χ1n) is 5.01. The van der Waals surface area contributed by atoms with Crippen molar-refractivity contribution in [1.29, 1.82) is 0 Å². The van der Waals surface area contributed by atoms with E-state index >= 15 is 0 Å². The minimum atomic E-state index is 1.02. The first-order valence-corrected chi connectivity index (χ1v) is 5.01. The molecule has 0 aliphatic heterocycles. The van der Waals surface area contributed by atoms with Crippen LogP contribution in [0.25, 0.3) is 0 Å². The molecule has 78 valence electrons. The smallest absolute Gasteiger partial charge is 0.0579 e. The highest BCUT2D eigenvalue weighted by Crippen LogP contribution is 2.11. The van der Waals surface area contributed by atoms with Gasteiger partial charge in [-0.2, -0.15) is 0 Å². The standard InChI is InChI=1S/C12H15N3/c1-9-8-12(6-7-13-9)14-15-10(2)4-5-11(15)3/h4-8H,1-3H3,(H,13,14). The van der Waals surface area contributed by atoms with Crippen molar-refractivity contribution in [1.82, 2.24) is 9.66 Å². The summed E-state index contributed by atoms with van der Waals surface area (Å²) in [6, 6.07) is 8.18. The van der Waals surface area contributed by atoms with Crippen LogP contribution in [0.5, 0.6) is 0 Å². The maximum atomic E-state index is 4.16. The molecular formula is C12H15N3. The van der Waals surface area contributed by atoms with Crippen LogP contribution >= 0.6 is 0 Å². The molecule has 0 saturated heterocycles. The maximum absolute atomic E-state index is 4.16. The first-order chi connectivity index (χ1) is 7.16. The van der Waals surface area contributed by atoms with Gasteiger partial charge in [0.05, 0.1) is 5.69 Å². The molecule has 1 N–H and O–H groups in total. The normalized spacial score (nSPS) is 10.3. The highest BCUT2D eigenvalue weighted by atomic mass is 15.4. The van der Waals surface area contributed by atoms with Crippen LogP contribution in [-0.4, -0.2) is 9.66 Å². The summed E-state index contributed by atoms with van der Waals surface area (Å²) in [5.74, 6) is 0. The summed E-state index contributed by atoms with van der Waals surface area (Å²) in [5, 5.41) is 0. The highest BCUT2D eigenvalue weighted by Gasteiger charge is 2.00. The molecule has 15 heavy (non-hydrogen) atoms. The van der Waals surface area contributed by atoms with Crippen LogP contribution in [-0.2, 0) is 0 Å². The summed E-state index contributed by atoms with van der Waals surface area (Å²) in [4.78, 5) is 4.16. The van der Waals surface area contributed by atoms with Crippen molar-refractivity contribution in [2.45, 2.75) is 20.8 Å². The third-order valence-electron chi connectivity index (χ3n) is 2.41. The minimum absolute atomic E-state index is 1.02. The molecule has 0 aliphatic rings. The maximum Gasteiger partial charge on any atom is 0.0579 e. The Bertz CT molecular complexity index is 452. The van der Waals surface area contributed by atoms with Crippen molar-refractivity contribution in [3.63, 3.8) is 0 Å². The molecule has 0 saturated carbocycles. The molecule has 2 aromatic heterocycles. The van der Waals surface area contributed by atoms with Crippen LogP contribution in [0, 0.1) is 20.8 Å². The van der Waals surface area contributed by atoms with E-state index in [-0.39, 0.29) is 0 Å². The number of pyridine rings is 1. The van der Waals surface area contributed by atoms with E-state index in [9.17, 15) is 0 Å². The molecule has 0 atom stereocenters. The molecule has 2 aromatic rings. The lowest BCUT2D eigenvalue weighted by Gasteiger charge is -2.12. The number of aryl methyl sites for hydroxylation is 3. The van der Waals surface area contributed by atoms with Crippen LogP contribution in [0.4, 0.5) is 5.69 Å². The number of nitrogens with zero attached hydrogens (tertiary/aromatic N) is 2. The van der Waals surface area contributed by atoms with E-state index in [0.717, 1.165) is 11.4 Å². The van der Waals surface area contributed by atoms with Gasteiger partial charge in [0.2, 0.25) is 0 Å². The summed E-state index contributed by atoms with van der Waals surface area (Å²) in [5.41, 5.74) is 7.81. The van der Waals surface area contributed by atoms with Crippen LogP contribution in [0.15, 0.2) is 30.5 Å². The quantitative estimate of drug-likeness (QED) is 0.809. The lowest BCUT2D eigenvalue weighted by Crippen LogP contribution is -2.12. The molecule has 0 bridgehead atoms. The summed E-state index contributed by atoms with van der Waals surface area (Å²) >= 11 is 0. The molecule has 0 aliphatic carbocycles. The van der Waals surface area contributed by atoms with E-state index in [1.54, 1.807) is 0 Å². The number of aromatic nitrogens is 2. The Hall–Kier alpha value is -1.77. The van der Waals surface area contributed by atoms with Crippen molar-refractivity contribution in [3.8, 4) is 0 Å². The number of hydrogen-bond donors (Lipinski definition) is 1. The predicted octanol–water partition coefficient (Wildman–Crippen LogP) is 2.68. The predicted molar refractivity (Wildman–Crippen MR) is 61.9 cm³/mol. The van der Waals surface area contributed by atoms with Gasteiger partial charge in [-0.1, -0.05) is 0 Å². The van der Waals surface area contributed by atoms with Crippen molar-refractivity contribution in [3.05, 3.63) is 47.5 Å². The van der Waals surface area contributed by atoms with Gasteiger partial charge in [0.25, 0.3) is 0 Å². The molecule has 0 fully saturated rings. The molecule has 0 amide bonds. The summed E-state index contributed by atoms with van der Waals surface area (Å²) < 4.78 is 2.06. The lowest BCUT2D eigenvalue weighted by atomic mass is 10.3. The van der Waals surface area contributed by atoms with Crippen LogP contribution in [0.1, 0.15) is 17.1 Å². The van der Waals surface area contributed by atoms with E-state index in [0.29, 0.717) is 0 Å². The van der Waals surface area contributed by atoms with Crippen molar-refractivity contribution >= 4 is 5.69 Å². The molecule has 0 unspecified atom stereocenters. The van der Waals surface area contributed by atoms with Gasteiger partial charge < -0.3 is 0 Å². The fraction of sp³-hybridized carbons (Fsp3) is 0.250. The largest absolute Gasteiger partial charge is 0.294 e. The third kappa shape index (κ3) is 2.01. The fourth-order valence-corrected chi connectivity index (χ4v) is 1.59. The Morgan fingerprint density at radius 3 is 2.33 bits per heavy atom. The van der Waals surface area contributed by atoms with Crippen LogP contribution < -0.4 is 5.43 Å². The van der Waals surface area contributed by atoms with E-state index in [1.165, 1.54) is 11.4 Å². The second-order valence-electron chi connectivity index (χ2n) is 3.75. The van der Waals surface area contributed by atoms with E-state index < -0.39 is 0 Å². The second-order valence-corrected chi connectivity index (χ2v) is 3.75. The fourth-order valence-electron chi connectivity index (χ4n) is 1.59. The van der Waals surface area contributed by atoms with Crippen molar-refractivity contribution < 1.29 is 0 Å². The van der Waals surface area contributed by atoms with Crippen LogP contribution in [0.2, 0.25) is 0 Å². The third-order valence-corrected chi connectivity index (χ3v) is 2.41. The Morgan fingerprint density at radius 1 is 1.07 bits per heavy atom. The zero-order valence-electron chi connectivity index (χ0n) is 9.28. The molecule has 3 nitrogen and oxygen atoms in total. The lowest BCUT2D eigenvalue weighted by molar-refractivity contribution is 0.880. The average molecular weight is 201 g/mol. The van der Waals surface area contributed by atoms with Gasteiger partial charge >= 0.3 is 0 Å². The second kappa shape index (κ2) is 3.77. The molecule has 3 heteroatoms. The monoisotopic (exact) mass is 201 g/mol. The van der Waals surface area contributed by atoms with Gasteiger partial charge in [-0.05, 0) is 45.0 Å². The molecule has 2 rings (SSSR count). The summed E-state index contributed by atoms with van der Waals surface area (Å²) in [6.07, 6.45) is 1.81. The number of anilines is 1. The van der Waals surface area contributed by atoms with Crippen LogP contribution in [0.3, 0.4) is 0 Å². The average Bonchev–Trinajstić information content (AvgIpc) is 2.50. The Morgan fingerprint density at radius 2 is 1.73 bits per heavy atom. The Kier molecular flexibility index (Phi) is 2.46. The Balaban J connectivity index is 2.29. The van der Waals surface area contributed by atoms with Gasteiger partial charge in [-0.3, -0.25) is 15.1 Å². The summed E-state index contributed by atoms with van der Waals surface area (Å²) in [7, 11) is 0. The molecule has 0 aromatic carbocycles. The molecular weight excluding hydrogens is 186 g/mol. The summed E-state index contributed by atoms with van der Waals surface area (Å²) in [6.45, 7) is 6.14. The minimum Gasteiger partial charge on any atom is -0.294 e. The van der Waals surface area contributed by atoms with Crippen molar-refractivity contribution in [2.24, 2.45) is 0 Å². The number of hydrogen-bond acceptors (Lipinski definition) is 2. The topological polar surface area (TPSA) is 29.9 Å². The molecule has 2 heterocycles. The van der Waals surface area contributed by atoms with E-state index in [2.05, 4.69) is 41.1 Å². The zero-order chi connectivity index (χ0) is 10.8. The van der Waals surface area contributed by atoms with Crippen molar-refractivity contribution in [2.75, 3.05) is 5.43 Å². The SMILES string of the molecule is Cc1cc(Nn2c(C)ccc2C)ccn1. The zero-order valence-corrected chi connectivity index (χ0v) is 9.28.